The normalized spacial score (nSPS) is 17.1. The predicted molar refractivity (Wildman–Crippen MR) is 202 cm³/mol. The molecular weight excluding hydrogens is 729 g/mol. The highest BCUT2D eigenvalue weighted by molar-refractivity contribution is 7.48. The van der Waals surface area contributed by atoms with E-state index in [0.29, 0.717) is 48.5 Å². The number of phosphoric acid groups is 1. The molecule has 1 aliphatic rings. The molecule has 6 rings (SSSR count). The first-order valence-corrected chi connectivity index (χ1v) is 19.4. The third kappa shape index (κ3) is 10.9. The molecule has 11 nitrogen and oxygen atoms in total. The van der Waals surface area contributed by atoms with Gasteiger partial charge in [0.1, 0.15) is 17.2 Å². The van der Waals surface area contributed by atoms with Crippen molar-refractivity contribution < 1.29 is 41.6 Å². The summed E-state index contributed by atoms with van der Waals surface area (Å²) in [6.07, 6.45) is 2.38. The van der Waals surface area contributed by atoms with Crippen molar-refractivity contribution in [3.05, 3.63) is 137 Å². The Morgan fingerprint density at radius 3 is 2.13 bits per heavy atom. The van der Waals surface area contributed by atoms with Crippen LogP contribution < -0.4 is 5.32 Å². The molecule has 0 aliphatic heterocycles. The van der Waals surface area contributed by atoms with Crippen LogP contribution >= 0.6 is 7.82 Å². The Kier molecular flexibility index (Phi) is 13.1. The van der Waals surface area contributed by atoms with Gasteiger partial charge in [-0.3, -0.25) is 18.8 Å². The van der Waals surface area contributed by atoms with Crippen LogP contribution in [0.4, 0.5) is 20.4 Å². The summed E-state index contributed by atoms with van der Waals surface area (Å²) in [5.41, 5.74) is 2.81. The number of nitrogens with zero attached hydrogens (tertiary/aromatic N) is 3. The molecule has 2 aromatic carbocycles. The maximum absolute atomic E-state index is 13.5. The molecule has 0 spiro atoms. The first-order valence-electron chi connectivity index (χ1n) is 17.9. The quantitative estimate of drug-likeness (QED) is 0.0563. The Hall–Kier alpha value is -4.91. The summed E-state index contributed by atoms with van der Waals surface area (Å²) in [7, 11) is -4.11. The number of phosphoric ester groups is 1. The van der Waals surface area contributed by atoms with E-state index in [9.17, 15) is 23.2 Å². The van der Waals surface area contributed by atoms with E-state index < -0.39 is 38.5 Å². The smallest absolute Gasteiger partial charge is 0.438 e. The van der Waals surface area contributed by atoms with Gasteiger partial charge in [-0.1, -0.05) is 60.7 Å². The van der Waals surface area contributed by atoms with Crippen LogP contribution in [0.5, 0.6) is 0 Å². The highest BCUT2D eigenvalue weighted by Crippen LogP contribution is 2.51. The zero-order valence-electron chi connectivity index (χ0n) is 30.5. The van der Waals surface area contributed by atoms with Crippen molar-refractivity contribution in [2.24, 2.45) is 11.8 Å². The van der Waals surface area contributed by atoms with Gasteiger partial charge in [-0.05, 0) is 98.5 Å². The summed E-state index contributed by atoms with van der Waals surface area (Å²) in [6.45, 7) is 2.97. The molecule has 1 fully saturated rings. The van der Waals surface area contributed by atoms with E-state index in [0.717, 1.165) is 16.7 Å². The summed E-state index contributed by atoms with van der Waals surface area (Å²) in [5.74, 6) is -0.400. The fraction of sp³-hybridized carbons (Fsp3) is 0.317. The van der Waals surface area contributed by atoms with E-state index >= 15 is 0 Å². The number of nitrogens with one attached hydrogen (secondary N) is 1. The Morgan fingerprint density at radius 1 is 0.873 bits per heavy atom. The van der Waals surface area contributed by atoms with Gasteiger partial charge < -0.3 is 15.2 Å². The number of pyridine rings is 3. The molecular formula is C41H43F2N4O7P. The monoisotopic (exact) mass is 772 g/mol. The predicted octanol–water partition coefficient (Wildman–Crippen LogP) is 9.60. The Bertz CT molecular complexity index is 2020. The summed E-state index contributed by atoms with van der Waals surface area (Å²) >= 11 is 0. The first-order chi connectivity index (χ1) is 26.5. The van der Waals surface area contributed by atoms with Gasteiger partial charge in [-0.2, -0.15) is 0 Å². The number of alkyl halides is 2. The molecule has 3 heterocycles. The van der Waals surface area contributed by atoms with E-state index in [1.54, 1.807) is 25.3 Å². The van der Waals surface area contributed by atoms with Gasteiger partial charge in [0.05, 0.1) is 30.5 Å². The molecule has 1 saturated carbocycles. The minimum Gasteiger partial charge on any atom is -0.438 e. The highest BCUT2D eigenvalue weighted by Gasteiger charge is 2.39. The van der Waals surface area contributed by atoms with E-state index in [4.69, 9.17) is 18.3 Å². The zero-order valence-corrected chi connectivity index (χ0v) is 31.4. The molecule has 2 N–H and O–H groups in total. The molecule has 55 heavy (non-hydrogen) atoms. The maximum atomic E-state index is 13.5. The molecule has 0 saturated heterocycles. The second-order valence-corrected chi connectivity index (χ2v) is 15.3. The van der Waals surface area contributed by atoms with Crippen LogP contribution in [-0.2, 0) is 46.5 Å². The van der Waals surface area contributed by atoms with Crippen LogP contribution in [0, 0.1) is 18.8 Å². The maximum Gasteiger partial charge on any atom is 0.478 e. The van der Waals surface area contributed by atoms with Gasteiger partial charge in [0.15, 0.2) is 0 Å². The van der Waals surface area contributed by atoms with Gasteiger partial charge in [-0.15, -0.1) is 0 Å². The van der Waals surface area contributed by atoms with Gasteiger partial charge in [0, 0.05) is 23.5 Å². The fourth-order valence-electron chi connectivity index (χ4n) is 6.44. The van der Waals surface area contributed by atoms with Crippen molar-refractivity contribution in [2.75, 3.05) is 12.1 Å². The van der Waals surface area contributed by atoms with Crippen molar-refractivity contribution in [3.63, 3.8) is 0 Å². The number of carbonyl (C=O) groups is 1. The van der Waals surface area contributed by atoms with E-state index in [1.165, 1.54) is 18.3 Å². The third-order valence-corrected chi connectivity index (χ3v) is 10.9. The molecule has 5 aromatic rings. The van der Waals surface area contributed by atoms with E-state index in [2.05, 4.69) is 20.3 Å². The summed E-state index contributed by atoms with van der Waals surface area (Å²) in [5, 5.41) is 14.7. The largest absolute Gasteiger partial charge is 0.478 e. The van der Waals surface area contributed by atoms with Crippen molar-refractivity contribution >= 4 is 25.4 Å². The molecule has 0 radical (unpaired) electrons. The number of hydrogen-bond donors (Lipinski definition) is 2. The average molecular weight is 773 g/mol. The number of anilines is 2. The summed E-state index contributed by atoms with van der Waals surface area (Å²) < 4.78 is 61.9. The number of aliphatic hydroxyl groups is 1. The van der Waals surface area contributed by atoms with Gasteiger partial charge in [0.25, 0.3) is 6.43 Å². The number of ether oxygens (including phenoxy) is 1. The number of esters is 1. The number of rotatable bonds is 16. The first kappa shape index (κ1) is 39.8. The SMILES string of the molecule is Cc1cc(Nc2cc(C(F)F)ccn2)nc(-c2ccc([C@](C)(O)[C@H]3CC[C@H](C(=O)OCOP(=O)(OCc4ccccc4)OCc4ccccc4)CC3)nc2)c1. The van der Waals surface area contributed by atoms with E-state index in [-0.39, 0.29) is 30.5 Å². The number of halogens is 2. The lowest BCUT2D eigenvalue weighted by atomic mass is 9.73. The lowest BCUT2D eigenvalue weighted by molar-refractivity contribution is -0.158. The second kappa shape index (κ2) is 18.1. The number of aromatic nitrogens is 3. The molecule has 288 valence electrons. The van der Waals surface area contributed by atoms with Crippen molar-refractivity contribution in [1.82, 2.24) is 15.0 Å². The standard InChI is InChI=1S/C41H43F2N4O7P/c1-28-21-35(46-38(22-28)47-37-23-32(39(42)43)19-20-44-37)33-15-18-36(45-24-33)41(2,49)34-16-13-31(14-17-34)40(48)51-27-54-55(50,52-25-29-9-5-3-6-10-29)53-26-30-11-7-4-8-12-30/h3-12,15,18-24,31,34,39,49H,13-14,16-17,25-27H2,1-2H3,(H,44,46,47)/t31-,34-,41-/m1/s1. The third-order valence-electron chi connectivity index (χ3n) is 9.57. The van der Waals surface area contributed by atoms with Crippen molar-refractivity contribution in [3.8, 4) is 11.3 Å². The lowest BCUT2D eigenvalue weighted by Gasteiger charge is -2.37. The summed E-state index contributed by atoms with van der Waals surface area (Å²) in [4.78, 5) is 26.4. The van der Waals surface area contributed by atoms with Crippen LogP contribution in [-0.4, -0.2) is 32.8 Å². The number of aryl methyl sites for hydroxylation is 1. The Balaban J connectivity index is 1.01. The number of carbonyl (C=O) groups excluding carboxylic acids is 1. The van der Waals surface area contributed by atoms with Gasteiger partial charge >= 0.3 is 13.8 Å². The van der Waals surface area contributed by atoms with Crippen LogP contribution in [0.15, 0.2) is 109 Å². The van der Waals surface area contributed by atoms with Crippen LogP contribution in [0.25, 0.3) is 11.3 Å². The zero-order chi connectivity index (χ0) is 38.8. The summed E-state index contributed by atoms with van der Waals surface area (Å²) in [6, 6.07) is 28.1. The van der Waals surface area contributed by atoms with Crippen molar-refractivity contribution in [1.29, 1.82) is 0 Å². The minimum atomic E-state index is -4.11. The topological polar surface area (TPSA) is 142 Å². The van der Waals surface area contributed by atoms with Crippen LogP contribution in [0.3, 0.4) is 0 Å². The molecule has 3 aromatic heterocycles. The second-order valence-electron chi connectivity index (χ2n) is 13.6. The molecule has 0 bridgehead atoms. The minimum absolute atomic E-state index is 0.0236. The van der Waals surface area contributed by atoms with Crippen molar-refractivity contribution in [2.45, 2.75) is 64.8 Å². The van der Waals surface area contributed by atoms with E-state index in [1.807, 2.05) is 79.7 Å². The van der Waals surface area contributed by atoms with Gasteiger partial charge in [-0.25, -0.2) is 27.8 Å². The van der Waals surface area contributed by atoms with Crippen LogP contribution in [0.1, 0.15) is 67.0 Å². The molecule has 0 amide bonds. The van der Waals surface area contributed by atoms with Gasteiger partial charge in [0.2, 0.25) is 6.79 Å². The lowest BCUT2D eigenvalue weighted by Crippen LogP contribution is -2.37. The fourth-order valence-corrected chi connectivity index (χ4v) is 7.46. The molecule has 14 heteroatoms. The number of benzene rings is 2. The highest BCUT2D eigenvalue weighted by atomic mass is 31.2. The molecule has 1 aliphatic carbocycles. The average Bonchev–Trinajstić information content (AvgIpc) is 3.20. The molecule has 1 atom stereocenters. The molecule has 0 unspecified atom stereocenters. The van der Waals surface area contributed by atoms with Crippen LogP contribution in [0.2, 0.25) is 0 Å². The number of hydrogen-bond acceptors (Lipinski definition) is 11. The Morgan fingerprint density at radius 2 is 1.53 bits per heavy atom. The Labute approximate surface area is 318 Å².